The molecule has 0 amide bonds. The number of rotatable bonds is 6. The third-order valence-corrected chi connectivity index (χ3v) is 6.21. The van der Waals surface area contributed by atoms with Crippen LogP contribution >= 0.6 is 28.2 Å². The molecule has 1 rings (SSSR count). The van der Waals surface area contributed by atoms with Gasteiger partial charge in [-0.15, -0.1) is 0 Å². The van der Waals surface area contributed by atoms with Gasteiger partial charge >= 0.3 is 20.7 Å². The van der Waals surface area contributed by atoms with Crippen molar-refractivity contribution in [1.82, 2.24) is 5.32 Å². The number of nitrogens with one attached hydrogen (secondary N) is 1. The van der Waals surface area contributed by atoms with Crippen molar-refractivity contribution in [3.63, 3.8) is 0 Å². The highest BCUT2D eigenvalue weighted by Gasteiger charge is 2.52. The van der Waals surface area contributed by atoms with Gasteiger partial charge < -0.3 is 15.1 Å². The summed E-state index contributed by atoms with van der Waals surface area (Å²) < 4.78 is 11.2. The minimum Gasteiger partial charge on any atom is -0.317 e. The molecule has 1 saturated heterocycles. The molecule has 1 aliphatic rings. The molecule has 0 spiro atoms. The molecule has 118 valence electrons. The van der Waals surface area contributed by atoms with Crippen molar-refractivity contribution in [3.8, 4) is 0 Å². The van der Waals surface area contributed by atoms with Gasteiger partial charge in [0.25, 0.3) is 0 Å². The minimum atomic E-state index is -5.00. The summed E-state index contributed by atoms with van der Waals surface area (Å²) >= 11 is 4.13. The lowest BCUT2D eigenvalue weighted by atomic mass is 9.92. The van der Waals surface area contributed by atoms with Crippen LogP contribution in [0.4, 0.5) is 0 Å². The first-order chi connectivity index (χ1) is 9.14. The lowest BCUT2D eigenvalue weighted by molar-refractivity contribution is 0.322. The number of thiol groups is 1. The molecule has 20 heavy (non-hydrogen) atoms. The van der Waals surface area contributed by atoms with Crippen molar-refractivity contribution in [3.05, 3.63) is 0 Å². The van der Waals surface area contributed by atoms with Crippen LogP contribution in [0.25, 0.3) is 0 Å². The number of hydrogen-bond acceptors (Lipinski definition) is 7. The van der Waals surface area contributed by atoms with Gasteiger partial charge in [0.15, 0.2) is 0 Å². The zero-order valence-corrected chi connectivity index (χ0v) is 13.5. The van der Waals surface area contributed by atoms with Gasteiger partial charge in [0.2, 0.25) is 0 Å². The zero-order chi connectivity index (χ0) is 15.4. The maximum absolute atomic E-state index is 11.2. The highest BCUT2D eigenvalue weighted by molar-refractivity contribution is 8.00. The first-order valence-electron chi connectivity index (χ1n) is 6.18. The van der Waals surface area contributed by atoms with Crippen molar-refractivity contribution in [1.29, 1.82) is 0 Å². The van der Waals surface area contributed by atoms with Crippen LogP contribution < -0.4 is 5.32 Å². The highest BCUT2D eigenvalue weighted by Crippen LogP contribution is 2.60. The van der Waals surface area contributed by atoms with Gasteiger partial charge in [0, 0.05) is 6.54 Å². The molecule has 8 nitrogen and oxygen atoms in total. The van der Waals surface area contributed by atoms with E-state index in [1.807, 2.05) is 0 Å². The van der Waals surface area contributed by atoms with Gasteiger partial charge in [-0.3, -0.25) is 0 Å². The molecule has 0 bridgehead atoms. The Bertz CT molecular complexity index is 396. The maximum Gasteiger partial charge on any atom is 0.469 e. The van der Waals surface area contributed by atoms with E-state index in [0.29, 0.717) is 13.0 Å². The van der Waals surface area contributed by atoms with Gasteiger partial charge in [0.05, 0.1) is 6.04 Å². The molecular weight excluding hydrogens is 326 g/mol. The standard InChI is InChI=1S/C9H20N2O6P2S/c12-18(13,14)9(19(15,16)17)11-8-4-7(2-1-3-20)5-10-6-8/h7-8,10,12-14H,1-6H2,(H2-,15,16,17,20)/p+1. The van der Waals surface area contributed by atoms with Gasteiger partial charge in [-0.25, -0.2) is 9.56 Å². The Hall–Kier alpha value is 0.440. The van der Waals surface area contributed by atoms with Crippen LogP contribution in [0.15, 0.2) is 4.99 Å². The monoisotopic (exact) mass is 347 g/mol. The SMILES string of the molecule is O=P(O)(O)C(=NC1CNCC(CCCS)C1)[P+](O)(O)O. The van der Waals surface area contributed by atoms with Gasteiger partial charge in [-0.1, -0.05) is 0 Å². The molecule has 0 aromatic rings. The molecule has 0 aliphatic carbocycles. The second-order valence-electron chi connectivity index (χ2n) is 4.82. The molecule has 1 aliphatic heterocycles. The Morgan fingerprint density at radius 2 is 2.00 bits per heavy atom. The Kier molecular flexibility index (Phi) is 7.05. The quantitative estimate of drug-likeness (QED) is 0.203. The maximum atomic E-state index is 11.2. The third-order valence-electron chi connectivity index (χ3n) is 3.02. The molecule has 1 fully saturated rings. The van der Waals surface area contributed by atoms with E-state index in [0.717, 1.165) is 25.1 Å². The molecular formula is C9H21N2O6P2S+. The molecule has 0 saturated carbocycles. The fourth-order valence-corrected chi connectivity index (χ4v) is 4.41. The third kappa shape index (κ3) is 6.05. The van der Waals surface area contributed by atoms with Crippen molar-refractivity contribution < 1.29 is 29.0 Å². The molecule has 2 atom stereocenters. The van der Waals surface area contributed by atoms with Gasteiger partial charge in [0.1, 0.15) is 0 Å². The highest BCUT2D eigenvalue weighted by atomic mass is 32.1. The van der Waals surface area contributed by atoms with Crippen LogP contribution in [0.5, 0.6) is 0 Å². The van der Waals surface area contributed by atoms with E-state index in [-0.39, 0.29) is 5.92 Å². The summed E-state index contributed by atoms with van der Waals surface area (Å²) in [5.41, 5.74) is 0. The molecule has 11 heteroatoms. The summed E-state index contributed by atoms with van der Waals surface area (Å²) in [6, 6.07) is -0.498. The van der Waals surface area contributed by atoms with Gasteiger partial charge in [-0.05, 0) is 37.5 Å². The van der Waals surface area contributed by atoms with E-state index >= 15 is 0 Å². The molecule has 6 N–H and O–H groups in total. The number of hydrogen-bond donors (Lipinski definition) is 7. The molecule has 2 unspecified atom stereocenters. The number of piperidine rings is 1. The predicted octanol–water partition coefficient (Wildman–Crippen LogP) is -0.0523. The summed E-state index contributed by atoms with van der Waals surface area (Å²) in [4.78, 5) is 49.2. The molecule has 1 heterocycles. The summed E-state index contributed by atoms with van der Waals surface area (Å²) in [5, 5.41) is 1.88. The normalized spacial score (nSPS) is 25.8. The van der Waals surface area contributed by atoms with Crippen LogP contribution in [0.2, 0.25) is 0 Å². The van der Waals surface area contributed by atoms with Crippen LogP contribution in [-0.4, -0.2) is 54.5 Å². The summed E-state index contributed by atoms with van der Waals surface area (Å²) in [6.45, 7) is 1.16. The average Bonchev–Trinajstić information content (AvgIpc) is 2.31. The van der Waals surface area contributed by atoms with E-state index in [9.17, 15) is 4.57 Å². The Balaban J connectivity index is 2.81. The van der Waals surface area contributed by atoms with Crippen LogP contribution in [0, 0.1) is 5.92 Å². The second kappa shape index (κ2) is 7.63. The van der Waals surface area contributed by atoms with Crippen LogP contribution in [-0.2, 0) is 4.57 Å². The van der Waals surface area contributed by atoms with E-state index in [1.54, 1.807) is 0 Å². The summed E-state index contributed by atoms with van der Waals surface area (Å²) in [7, 11) is -9.80. The van der Waals surface area contributed by atoms with Crippen molar-refractivity contribution in [2.45, 2.75) is 25.3 Å². The first kappa shape index (κ1) is 18.5. The first-order valence-corrected chi connectivity index (χ1v) is 10.1. The number of nitrogens with zero attached hydrogens (tertiary/aromatic N) is 1. The topological polar surface area (TPSA) is 143 Å². The van der Waals surface area contributed by atoms with Gasteiger partial charge in [-0.2, -0.15) is 27.3 Å². The lowest BCUT2D eigenvalue weighted by Gasteiger charge is -2.28. The van der Waals surface area contributed by atoms with Crippen molar-refractivity contribution in [2.75, 3.05) is 18.8 Å². The number of aliphatic imine (C=N–C) groups is 1. The van der Waals surface area contributed by atoms with E-state index < -0.39 is 26.8 Å². The Morgan fingerprint density at radius 1 is 1.35 bits per heavy atom. The zero-order valence-electron chi connectivity index (χ0n) is 10.8. The minimum absolute atomic E-state index is 0.284. The summed E-state index contributed by atoms with van der Waals surface area (Å²) in [6.07, 6.45) is 2.41. The molecule has 0 aromatic heterocycles. The average molecular weight is 347 g/mol. The Morgan fingerprint density at radius 3 is 2.50 bits per heavy atom. The van der Waals surface area contributed by atoms with E-state index in [1.165, 1.54) is 0 Å². The predicted molar refractivity (Wildman–Crippen MR) is 80.9 cm³/mol. The van der Waals surface area contributed by atoms with Crippen LogP contribution in [0.1, 0.15) is 19.3 Å². The fourth-order valence-electron chi connectivity index (χ4n) is 2.19. The van der Waals surface area contributed by atoms with E-state index in [4.69, 9.17) is 24.5 Å². The lowest BCUT2D eigenvalue weighted by Crippen LogP contribution is -2.39. The van der Waals surface area contributed by atoms with Crippen molar-refractivity contribution in [2.24, 2.45) is 10.9 Å². The Labute approximate surface area is 123 Å². The molecule has 0 radical (unpaired) electrons. The van der Waals surface area contributed by atoms with Crippen molar-refractivity contribution >= 4 is 33.4 Å². The largest absolute Gasteiger partial charge is 0.469 e. The van der Waals surface area contributed by atoms with E-state index in [2.05, 4.69) is 22.9 Å². The summed E-state index contributed by atoms with van der Waals surface area (Å²) in [5.74, 6) is 1.04. The fraction of sp³-hybridized carbons (Fsp3) is 0.889. The smallest absolute Gasteiger partial charge is 0.317 e. The second-order valence-corrected chi connectivity index (χ2v) is 8.69. The molecule has 0 aromatic carbocycles. The van der Waals surface area contributed by atoms with Crippen LogP contribution in [0.3, 0.4) is 0 Å².